The standard InChI is InChI=1S/C19H27NO3S/c21-19(15-24(22,23)18-11-4-5-12-18)20-13-7-6-10-17(20)14-16-8-2-1-3-9-16/h1-3,8-9,17-18H,4-7,10-15H2/t17-/m1/s1. The molecule has 0 N–H and O–H groups in total. The Morgan fingerprint density at radius 2 is 1.67 bits per heavy atom. The Kier molecular flexibility index (Phi) is 5.59. The molecule has 132 valence electrons. The van der Waals surface area contributed by atoms with Gasteiger partial charge in [0.05, 0.1) is 5.25 Å². The van der Waals surface area contributed by atoms with E-state index >= 15 is 0 Å². The molecule has 1 aliphatic heterocycles. The van der Waals surface area contributed by atoms with Gasteiger partial charge in [0, 0.05) is 12.6 Å². The summed E-state index contributed by atoms with van der Waals surface area (Å²) >= 11 is 0. The van der Waals surface area contributed by atoms with Gasteiger partial charge in [0.2, 0.25) is 5.91 Å². The van der Waals surface area contributed by atoms with Gasteiger partial charge in [-0.15, -0.1) is 0 Å². The Morgan fingerprint density at radius 3 is 2.38 bits per heavy atom. The molecular formula is C19H27NO3S. The second kappa shape index (κ2) is 7.68. The van der Waals surface area contributed by atoms with Gasteiger partial charge in [-0.2, -0.15) is 0 Å². The topological polar surface area (TPSA) is 54.5 Å². The highest BCUT2D eigenvalue weighted by molar-refractivity contribution is 7.92. The molecule has 1 saturated carbocycles. The van der Waals surface area contributed by atoms with E-state index in [1.54, 1.807) is 0 Å². The molecule has 3 rings (SSSR count). The van der Waals surface area contributed by atoms with E-state index in [0.29, 0.717) is 6.54 Å². The quantitative estimate of drug-likeness (QED) is 0.821. The van der Waals surface area contributed by atoms with Crippen LogP contribution in [0, 0.1) is 0 Å². The summed E-state index contributed by atoms with van der Waals surface area (Å²) in [5.74, 6) is -0.495. The Balaban J connectivity index is 1.67. The maximum absolute atomic E-state index is 12.7. The van der Waals surface area contributed by atoms with Crippen molar-refractivity contribution in [3.05, 3.63) is 35.9 Å². The predicted molar refractivity (Wildman–Crippen MR) is 95.5 cm³/mol. The Bertz CT molecular complexity index is 650. The van der Waals surface area contributed by atoms with Crippen LogP contribution in [0.25, 0.3) is 0 Å². The van der Waals surface area contributed by atoms with Gasteiger partial charge in [0.25, 0.3) is 0 Å². The van der Waals surface area contributed by atoms with Crippen molar-refractivity contribution in [1.82, 2.24) is 4.90 Å². The summed E-state index contributed by atoms with van der Waals surface area (Å²) in [5, 5.41) is -0.293. The molecule has 24 heavy (non-hydrogen) atoms. The van der Waals surface area contributed by atoms with Crippen LogP contribution in [-0.4, -0.2) is 42.8 Å². The Labute approximate surface area is 145 Å². The second-order valence-corrected chi connectivity index (χ2v) is 9.42. The summed E-state index contributed by atoms with van der Waals surface area (Å²) in [6.45, 7) is 0.691. The van der Waals surface area contributed by atoms with Crippen LogP contribution >= 0.6 is 0 Å². The molecular weight excluding hydrogens is 322 g/mol. The third-order valence-electron chi connectivity index (χ3n) is 5.40. The Hall–Kier alpha value is -1.36. The fourth-order valence-electron chi connectivity index (χ4n) is 4.05. The minimum atomic E-state index is -3.30. The van der Waals surface area contributed by atoms with Crippen LogP contribution in [0.1, 0.15) is 50.5 Å². The lowest BCUT2D eigenvalue weighted by atomic mass is 9.95. The summed E-state index contributed by atoms with van der Waals surface area (Å²) in [5.41, 5.74) is 1.21. The number of benzene rings is 1. The van der Waals surface area contributed by atoms with E-state index in [4.69, 9.17) is 0 Å². The van der Waals surface area contributed by atoms with Crippen LogP contribution in [0.3, 0.4) is 0 Å². The number of piperidine rings is 1. The first-order chi connectivity index (χ1) is 11.6. The van der Waals surface area contributed by atoms with Crippen molar-refractivity contribution in [2.24, 2.45) is 0 Å². The summed E-state index contributed by atoms with van der Waals surface area (Å²) in [6, 6.07) is 10.3. The normalized spacial score (nSPS) is 22.7. The summed E-state index contributed by atoms with van der Waals surface area (Å²) in [4.78, 5) is 14.6. The zero-order valence-corrected chi connectivity index (χ0v) is 15.0. The number of amides is 1. The lowest BCUT2D eigenvalue weighted by Gasteiger charge is -2.36. The summed E-state index contributed by atoms with van der Waals surface area (Å²) < 4.78 is 25.0. The highest BCUT2D eigenvalue weighted by Crippen LogP contribution is 2.26. The van der Waals surface area contributed by atoms with Gasteiger partial charge < -0.3 is 4.90 Å². The molecule has 1 atom stereocenters. The maximum Gasteiger partial charge on any atom is 0.238 e. The highest BCUT2D eigenvalue weighted by atomic mass is 32.2. The molecule has 1 aromatic rings. The molecule has 1 saturated heterocycles. The van der Waals surface area contributed by atoms with Crippen LogP contribution in [0.4, 0.5) is 0 Å². The van der Waals surface area contributed by atoms with Crippen molar-refractivity contribution in [2.45, 2.75) is 62.7 Å². The molecule has 0 radical (unpaired) electrons. The second-order valence-electron chi connectivity index (χ2n) is 7.14. The minimum absolute atomic E-state index is 0.132. The van der Waals surface area contributed by atoms with Crippen molar-refractivity contribution in [2.75, 3.05) is 12.3 Å². The van der Waals surface area contributed by atoms with E-state index in [1.165, 1.54) is 5.56 Å². The van der Waals surface area contributed by atoms with Gasteiger partial charge in [-0.3, -0.25) is 4.79 Å². The zero-order valence-electron chi connectivity index (χ0n) is 14.2. The fourth-order valence-corrected chi connectivity index (χ4v) is 5.84. The lowest BCUT2D eigenvalue weighted by Crippen LogP contribution is -2.47. The molecule has 1 amide bonds. The van der Waals surface area contributed by atoms with Crippen molar-refractivity contribution in [1.29, 1.82) is 0 Å². The molecule has 0 spiro atoms. The molecule has 0 bridgehead atoms. The van der Waals surface area contributed by atoms with Gasteiger partial charge in [0.1, 0.15) is 5.75 Å². The zero-order chi connectivity index (χ0) is 17.0. The van der Waals surface area contributed by atoms with E-state index in [9.17, 15) is 13.2 Å². The molecule has 0 unspecified atom stereocenters. The molecule has 1 aliphatic carbocycles. The van der Waals surface area contributed by atoms with Crippen LogP contribution in [0.15, 0.2) is 30.3 Å². The molecule has 0 aromatic heterocycles. The van der Waals surface area contributed by atoms with Crippen LogP contribution in [0.2, 0.25) is 0 Å². The third-order valence-corrected chi connectivity index (χ3v) is 7.53. The molecule has 5 heteroatoms. The van der Waals surface area contributed by atoms with Gasteiger partial charge in [-0.25, -0.2) is 8.42 Å². The number of sulfone groups is 1. The first kappa shape index (κ1) is 17.5. The van der Waals surface area contributed by atoms with Crippen LogP contribution < -0.4 is 0 Å². The molecule has 1 heterocycles. The number of rotatable bonds is 5. The van der Waals surface area contributed by atoms with Gasteiger partial charge in [-0.1, -0.05) is 43.2 Å². The number of nitrogens with zero attached hydrogens (tertiary/aromatic N) is 1. The van der Waals surface area contributed by atoms with Crippen molar-refractivity contribution < 1.29 is 13.2 Å². The van der Waals surface area contributed by atoms with Crippen molar-refractivity contribution >= 4 is 15.7 Å². The lowest BCUT2D eigenvalue weighted by molar-refractivity contribution is -0.132. The number of hydrogen-bond donors (Lipinski definition) is 0. The van der Waals surface area contributed by atoms with E-state index in [0.717, 1.165) is 51.4 Å². The van der Waals surface area contributed by atoms with E-state index < -0.39 is 9.84 Å². The molecule has 2 fully saturated rings. The van der Waals surface area contributed by atoms with Gasteiger partial charge in [-0.05, 0) is 44.1 Å². The number of carbonyl (C=O) groups excluding carboxylic acids is 1. The highest BCUT2D eigenvalue weighted by Gasteiger charge is 2.34. The monoisotopic (exact) mass is 349 g/mol. The number of carbonyl (C=O) groups is 1. The predicted octanol–water partition coefficient (Wildman–Crippen LogP) is 2.97. The molecule has 4 nitrogen and oxygen atoms in total. The van der Waals surface area contributed by atoms with Crippen LogP contribution in [0.5, 0.6) is 0 Å². The smallest absolute Gasteiger partial charge is 0.238 e. The number of likely N-dealkylation sites (tertiary alicyclic amines) is 1. The Morgan fingerprint density at radius 1 is 1.00 bits per heavy atom. The summed E-state index contributed by atoms with van der Waals surface area (Å²) in [7, 11) is -3.30. The largest absolute Gasteiger partial charge is 0.339 e. The minimum Gasteiger partial charge on any atom is -0.339 e. The fraction of sp³-hybridized carbons (Fsp3) is 0.632. The number of hydrogen-bond acceptors (Lipinski definition) is 3. The SMILES string of the molecule is O=C(CS(=O)(=O)C1CCCC1)N1CCCC[C@@H]1Cc1ccccc1. The molecule has 2 aliphatic rings. The molecule has 1 aromatic carbocycles. The first-order valence-electron chi connectivity index (χ1n) is 9.11. The average Bonchev–Trinajstić information content (AvgIpc) is 3.11. The average molecular weight is 349 g/mol. The summed E-state index contributed by atoms with van der Waals surface area (Å²) in [6.07, 6.45) is 7.25. The van der Waals surface area contributed by atoms with E-state index in [1.807, 2.05) is 23.1 Å². The van der Waals surface area contributed by atoms with E-state index in [-0.39, 0.29) is 23.0 Å². The first-order valence-corrected chi connectivity index (χ1v) is 10.8. The van der Waals surface area contributed by atoms with Crippen LogP contribution in [-0.2, 0) is 21.1 Å². The van der Waals surface area contributed by atoms with Crippen molar-refractivity contribution in [3.63, 3.8) is 0 Å². The van der Waals surface area contributed by atoms with E-state index in [2.05, 4.69) is 12.1 Å². The van der Waals surface area contributed by atoms with Gasteiger partial charge in [0.15, 0.2) is 9.84 Å². The van der Waals surface area contributed by atoms with Gasteiger partial charge >= 0.3 is 0 Å². The third kappa shape index (κ3) is 4.18. The maximum atomic E-state index is 12.7. The van der Waals surface area contributed by atoms with Crippen molar-refractivity contribution in [3.8, 4) is 0 Å².